The Bertz CT molecular complexity index is 936. The summed E-state index contributed by atoms with van der Waals surface area (Å²) in [5.74, 6) is 0.129. The first-order valence-electron chi connectivity index (χ1n) is 10.6. The van der Waals surface area contributed by atoms with Crippen LogP contribution in [-0.2, 0) is 17.6 Å². The Kier molecular flexibility index (Phi) is 6.50. The Balaban J connectivity index is 1.33. The molecule has 1 fully saturated rings. The van der Waals surface area contributed by atoms with Gasteiger partial charge in [-0.25, -0.2) is 0 Å². The molecule has 4 rings (SSSR count). The van der Waals surface area contributed by atoms with Crippen LogP contribution in [-0.4, -0.2) is 54.3 Å². The highest BCUT2D eigenvalue weighted by Crippen LogP contribution is 2.36. The number of furan rings is 1. The molecule has 0 aromatic carbocycles. The molecule has 0 unspecified atom stereocenters. The molecule has 2 amide bonds. The predicted octanol–water partition coefficient (Wildman–Crippen LogP) is 3.27. The van der Waals surface area contributed by atoms with E-state index in [1.165, 1.54) is 24.0 Å². The number of anilines is 1. The number of fused-ring (bicyclic) bond motifs is 1. The fourth-order valence-corrected chi connectivity index (χ4v) is 5.42. The van der Waals surface area contributed by atoms with E-state index >= 15 is 0 Å². The second-order valence-corrected chi connectivity index (χ2v) is 8.93. The maximum atomic E-state index is 12.6. The molecule has 0 atom stereocenters. The molecule has 1 N–H and O–H groups in total. The molecule has 0 spiro atoms. The van der Waals surface area contributed by atoms with Crippen LogP contribution < -0.4 is 5.32 Å². The van der Waals surface area contributed by atoms with Crippen LogP contribution in [0.25, 0.3) is 0 Å². The van der Waals surface area contributed by atoms with Crippen molar-refractivity contribution in [3.63, 3.8) is 0 Å². The minimum Gasteiger partial charge on any atom is -0.459 e. The van der Waals surface area contributed by atoms with Crippen molar-refractivity contribution in [3.8, 4) is 6.07 Å². The fourth-order valence-electron chi connectivity index (χ4n) is 4.16. The lowest BCUT2D eigenvalue weighted by Gasteiger charge is -2.33. The quantitative estimate of drug-likeness (QED) is 0.810. The number of nitrogens with zero attached hydrogens (tertiary/aromatic N) is 3. The summed E-state index contributed by atoms with van der Waals surface area (Å²) in [6.07, 6.45) is 8.10. The van der Waals surface area contributed by atoms with E-state index in [0.717, 1.165) is 31.2 Å². The molecule has 158 valence electrons. The molecule has 8 heteroatoms. The second-order valence-electron chi connectivity index (χ2n) is 7.83. The third-order valence-corrected chi connectivity index (χ3v) is 7.00. The van der Waals surface area contributed by atoms with Gasteiger partial charge < -0.3 is 14.6 Å². The minimum absolute atomic E-state index is 0.105. The van der Waals surface area contributed by atoms with Crippen LogP contribution in [0, 0.1) is 11.3 Å². The first-order chi connectivity index (χ1) is 14.7. The average molecular weight is 427 g/mol. The first-order valence-corrected chi connectivity index (χ1v) is 11.4. The molecule has 30 heavy (non-hydrogen) atoms. The molecule has 0 radical (unpaired) electrons. The number of nitriles is 1. The van der Waals surface area contributed by atoms with Crippen molar-refractivity contribution in [3.05, 3.63) is 40.2 Å². The zero-order valence-corrected chi connectivity index (χ0v) is 17.8. The van der Waals surface area contributed by atoms with Crippen molar-refractivity contribution in [2.45, 2.75) is 38.5 Å². The van der Waals surface area contributed by atoms with Gasteiger partial charge in [-0.15, -0.1) is 11.3 Å². The zero-order chi connectivity index (χ0) is 20.9. The van der Waals surface area contributed by atoms with Crippen molar-refractivity contribution in [1.29, 1.82) is 5.26 Å². The second kappa shape index (κ2) is 9.45. The highest BCUT2D eigenvalue weighted by Gasteiger charge is 2.25. The van der Waals surface area contributed by atoms with Gasteiger partial charge in [0, 0.05) is 31.1 Å². The van der Waals surface area contributed by atoms with E-state index in [2.05, 4.69) is 11.4 Å². The molecule has 0 saturated carbocycles. The number of hydrogen-bond acceptors (Lipinski definition) is 6. The van der Waals surface area contributed by atoms with E-state index in [0.29, 0.717) is 42.5 Å². The van der Waals surface area contributed by atoms with E-state index in [1.807, 2.05) is 4.90 Å². The summed E-state index contributed by atoms with van der Waals surface area (Å²) in [7, 11) is 0. The number of carbonyl (C=O) groups is 2. The molecule has 1 saturated heterocycles. The fraction of sp³-hybridized carbons (Fsp3) is 0.500. The predicted molar refractivity (Wildman–Crippen MR) is 115 cm³/mol. The molecular formula is C22H26N4O3S. The summed E-state index contributed by atoms with van der Waals surface area (Å²) >= 11 is 1.57. The Morgan fingerprint density at radius 3 is 2.60 bits per heavy atom. The lowest BCUT2D eigenvalue weighted by molar-refractivity contribution is -0.117. The van der Waals surface area contributed by atoms with Gasteiger partial charge in [-0.3, -0.25) is 14.5 Å². The lowest BCUT2D eigenvalue weighted by Crippen LogP contribution is -2.50. The van der Waals surface area contributed by atoms with E-state index < -0.39 is 0 Å². The third-order valence-electron chi connectivity index (χ3n) is 5.79. The number of piperazine rings is 1. The largest absolute Gasteiger partial charge is 0.459 e. The summed E-state index contributed by atoms with van der Waals surface area (Å²) in [4.78, 5) is 30.0. The van der Waals surface area contributed by atoms with Gasteiger partial charge in [0.1, 0.15) is 11.1 Å². The summed E-state index contributed by atoms with van der Waals surface area (Å²) in [5.41, 5.74) is 1.79. The van der Waals surface area contributed by atoms with Gasteiger partial charge in [0.25, 0.3) is 5.91 Å². The molecule has 1 aliphatic heterocycles. The molecule has 2 aromatic heterocycles. The number of aryl methyl sites for hydroxylation is 1. The van der Waals surface area contributed by atoms with Crippen LogP contribution in [0.2, 0.25) is 0 Å². The average Bonchev–Trinajstić information content (AvgIpc) is 3.36. The number of amides is 2. The van der Waals surface area contributed by atoms with Crippen LogP contribution in [0.4, 0.5) is 5.00 Å². The number of rotatable bonds is 4. The smallest absolute Gasteiger partial charge is 0.289 e. The van der Waals surface area contributed by atoms with Gasteiger partial charge in [0.15, 0.2) is 5.76 Å². The van der Waals surface area contributed by atoms with Crippen molar-refractivity contribution in [2.75, 3.05) is 38.0 Å². The van der Waals surface area contributed by atoms with Gasteiger partial charge in [-0.05, 0) is 43.4 Å². The summed E-state index contributed by atoms with van der Waals surface area (Å²) in [6, 6.07) is 5.69. The molecule has 2 aromatic rings. The number of thiophene rings is 1. The van der Waals surface area contributed by atoms with Crippen LogP contribution in [0.3, 0.4) is 0 Å². The van der Waals surface area contributed by atoms with Gasteiger partial charge >= 0.3 is 0 Å². The monoisotopic (exact) mass is 426 g/mol. The van der Waals surface area contributed by atoms with E-state index in [-0.39, 0.29) is 18.4 Å². The SMILES string of the molecule is N#Cc1c(NC(=O)CN2CCN(C(=O)c3ccco3)CC2)sc2c1CCCCCC2. The first kappa shape index (κ1) is 20.6. The van der Waals surface area contributed by atoms with Crippen LogP contribution in [0.1, 0.15) is 52.2 Å². The summed E-state index contributed by atoms with van der Waals surface area (Å²) in [6.45, 7) is 2.64. The Morgan fingerprint density at radius 2 is 1.90 bits per heavy atom. The van der Waals surface area contributed by atoms with Crippen molar-refractivity contribution in [1.82, 2.24) is 9.80 Å². The highest BCUT2D eigenvalue weighted by atomic mass is 32.1. The molecule has 1 aliphatic carbocycles. The molecular weight excluding hydrogens is 400 g/mol. The maximum Gasteiger partial charge on any atom is 0.289 e. The van der Waals surface area contributed by atoms with Crippen LogP contribution in [0.5, 0.6) is 0 Å². The molecule has 0 bridgehead atoms. The summed E-state index contributed by atoms with van der Waals surface area (Å²) < 4.78 is 5.18. The number of hydrogen-bond donors (Lipinski definition) is 1. The molecule has 2 aliphatic rings. The number of carbonyl (C=O) groups excluding carboxylic acids is 2. The van der Waals surface area contributed by atoms with E-state index in [1.54, 1.807) is 28.4 Å². The van der Waals surface area contributed by atoms with E-state index in [9.17, 15) is 14.9 Å². The van der Waals surface area contributed by atoms with Crippen LogP contribution >= 0.6 is 11.3 Å². The molecule has 3 heterocycles. The lowest BCUT2D eigenvalue weighted by atomic mass is 9.97. The van der Waals surface area contributed by atoms with Crippen molar-refractivity contribution < 1.29 is 14.0 Å². The number of nitrogens with one attached hydrogen (secondary N) is 1. The normalized spacial score (nSPS) is 17.5. The van der Waals surface area contributed by atoms with Gasteiger partial charge in [0.2, 0.25) is 5.91 Å². The Hall–Kier alpha value is -2.63. The highest BCUT2D eigenvalue weighted by molar-refractivity contribution is 7.16. The maximum absolute atomic E-state index is 12.6. The van der Waals surface area contributed by atoms with Crippen molar-refractivity contribution in [2.24, 2.45) is 0 Å². The Labute approximate surface area is 180 Å². The van der Waals surface area contributed by atoms with Gasteiger partial charge in [-0.2, -0.15) is 5.26 Å². The van der Waals surface area contributed by atoms with E-state index in [4.69, 9.17) is 4.42 Å². The topological polar surface area (TPSA) is 89.6 Å². The van der Waals surface area contributed by atoms with Crippen LogP contribution in [0.15, 0.2) is 22.8 Å². The zero-order valence-electron chi connectivity index (χ0n) is 17.0. The minimum atomic E-state index is -0.112. The van der Waals surface area contributed by atoms with Crippen molar-refractivity contribution >= 4 is 28.2 Å². The third kappa shape index (κ3) is 4.58. The standard InChI is InChI=1S/C22H26N4O3S/c23-14-17-16-6-3-1-2-4-8-19(16)30-21(17)24-20(27)15-25-9-11-26(12-10-25)22(28)18-7-5-13-29-18/h5,7,13H,1-4,6,8-12,15H2,(H,24,27). The van der Waals surface area contributed by atoms with Gasteiger partial charge in [0.05, 0.1) is 18.4 Å². The Morgan fingerprint density at radius 1 is 1.13 bits per heavy atom. The molecule has 7 nitrogen and oxygen atoms in total. The van der Waals surface area contributed by atoms with Gasteiger partial charge in [-0.1, -0.05) is 12.8 Å². The summed E-state index contributed by atoms with van der Waals surface area (Å²) in [5, 5.41) is 13.3.